The number of aromatic nitrogens is 1. The molecule has 0 unspecified atom stereocenters. The molecular weight excluding hydrogens is 424 g/mol. The summed E-state index contributed by atoms with van der Waals surface area (Å²) >= 11 is 6.16. The number of nitrogens with one attached hydrogen (secondary N) is 1. The lowest BCUT2D eigenvalue weighted by molar-refractivity contribution is 0.0691. The summed E-state index contributed by atoms with van der Waals surface area (Å²) in [6.45, 7) is 0.606. The predicted molar refractivity (Wildman–Crippen MR) is 126 cm³/mol. The number of fused-ring (bicyclic) bond motifs is 3. The van der Waals surface area contributed by atoms with Crippen LogP contribution in [0.25, 0.3) is 10.9 Å². The number of aromatic amines is 1. The number of methoxy groups -OCH3 is 2. The van der Waals surface area contributed by atoms with E-state index in [2.05, 4.69) is 23.2 Å². The summed E-state index contributed by atoms with van der Waals surface area (Å²) < 4.78 is 10.7. The van der Waals surface area contributed by atoms with Crippen molar-refractivity contribution < 1.29 is 14.3 Å². The van der Waals surface area contributed by atoms with Crippen LogP contribution in [0, 0.1) is 0 Å². The Morgan fingerprint density at radius 2 is 1.75 bits per heavy atom. The van der Waals surface area contributed by atoms with E-state index in [4.69, 9.17) is 21.1 Å². The van der Waals surface area contributed by atoms with Gasteiger partial charge in [0.2, 0.25) is 0 Å². The van der Waals surface area contributed by atoms with Crippen LogP contribution in [0.3, 0.4) is 0 Å². The molecule has 1 aliphatic rings. The van der Waals surface area contributed by atoms with Gasteiger partial charge in [0.15, 0.2) is 11.5 Å². The molecule has 1 aromatic heterocycles. The number of amides is 1. The van der Waals surface area contributed by atoms with Crippen LogP contribution < -0.4 is 9.47 Å². The van der Waals surface area contributed by atoms with Crippen molar-refractivity contribution in [3.05, 3.63) is 94.1 Å². The monoisotopic (exact) mass is 446 g/mol. The molecule has 0 spiro atoms. The highest BCUT2D eigenvalue weighted by atomic mass is 35.5. The van der Waals surface area contributed by atoms with Gasteiger partial charge in [0.25, 0.3) is 5.91 Å². The van der Waals surface area contributed by atoms with Crippen molar-refractivity contribution in [2.24, 2.45) is 0 Å². The summed E-state index contributed by atoms with van der Waals surface area (Å²) in [5.74, 6) is 1.06. The molecule has 1 amide bonds. The van der Waals surface area contributed by atoms with Crippen molar-refractivity contribution in [3.8, 4) is 11.5 Å². The van der Waals surface area contributed by atoms with Crippen molar-refractivity contribution in [2.75, 3.05) is 20.8 Å². The third-order valence-electron chi connectivity index (χ3n) is 6.11. The second-order valence-electron chi connectivity index (χ2n) is 7.84. The van der Waals surface area contributed by atoms with E-state index in [0.717, 1.165) is 23.2 Å². The standard InChI is InChI=1S/C26H23ClN2O3/c1-31-22-12-9-17(15-23(22)32-2)26(30)29-14-13-20-19-5-3-4-6-21(19)28-24(20)25(29)16-7-10-18(27)11-8-16/h3-12,15,25,28H,13-14H2,1-2H3/t25-/m0/s1. The van der Waals surface area contributed by atoms with Gasteiger partial charge in [0, 0.05) is 33.7 Å². The molecule has 2 heterocycles. The SMILES string of the molecule is COc1ccc(C(=O)N2CCc3c([nH]c4ccccc34)[C@@H]2c2ccc(Cl)cc2)cc1OC. The van der Waals surface area contributed by atoms with Gasteiger partial charge in [-0.3, -0.25) is 4.79 Å². The van der Waals surface area contributed by atoms with Gasteiger partial charge in [-0.15, -0.1) is 0 Å². The third kappa shape index (κ3) is 3.39. The smallest absolute Gasteiger partial charge is 0.254 e. The molecule has 0 radical (unpaired) electrons. The third-order valence-corrected chi connectivity index (χ3v) is 6.36. The molecule has 162 valence electrons. The molecule has 5 rings (SSSR count). The van der Waals surface area contributed by atoms with Crippen LogP contribution in [0.4, 0.5) is 0 Å². The molecule has 1 atom stereocenters. The largest absolute Gasteiger partial charge is 0.493 e. The second kappa shape index (κ2) is 8.24. The van der Waals surface area contributed by atoms with E-state index in [1.165, 1.54) is 10.9 Å². The highest BCUT2D eigenvalue weighted by molar-refractivity contribution is 6.30. The summed E-state index contributed by atoms with van der Waals surface area (Å²) in [5, 5.41) is 1.87. The number of hydrogen-bond donors (Lipinski definition) is 1. The molecule has 0 bridgehead atoms. The minimum Gasteiger partial charge on any atom is -0.493 e. The van der Waals surface area contributed by atoms with Crippen molar-refractivity contribution in [3.63, 3.8) is 0 Å². The molecule has 0 saturated heterocycles. The summed E-state index contributed by atoms with van der Waals surface area (Å²) in [5.41, 5.74) is 4.96. The molecule has 3 aromatic carbocycles. The van der Waals surface area contributed by atoms with Gasteiger partial charge in [-0.05, 0) is 53.9 Å². The Morgan fingerprint density at radius 1 is 1.00 bits per heavy atom. The summed E-state index contributed by atoms with van der Waals surface area (Å²) in [4.78, 5) is 19.2. The topological polar surface area (TPSA) is 54.6 Å². The number of carbonyl (C=O) groups excluding carboxylic acids is 1. The van der Waals surface area contributed by atoms with Crippen LogP contribution in [0.2, 0.25) is 5.02 Å². The number of hydrogen-bond acceptors (Lipinski definition) is 3. The Labute approximate surface area is 191 Å². The van der Waals surface area contributed by atoms with Crippen LogP contribution in [0.5, 0.6) is 11.5 Å². The van der Waals surface area contributed by atoms with Gasteiger partial charge in [0.1, 0.15) is 0 Å². The van der Waals surface area contributed by atoms with Gasteiger partial charge in [-0.1, -0.05) is 41.9 Å². The van der Waals surface area contributed by atoms with E-state index in [0.29, 0.717) is 28.6 Å². The van der Waals surface area contributed by atoms with Gasteiger partial charge in [0.05, 0.1) is 20.3 Å². The fourth-order valence-corrected chi connectivity index (χ4v) is 4.71. The van der Waals surface area contributed by atoms with E-state index in [1.807, 2.05) is 35.2 Å². The zero-order valence-corrected chi connectivity index (χ0v) is 18.6. The normalized spacial score (nSPS) is 15.5. The summed E-state index contributed by atoms with van der Waals surface area (Å²) in [6, 6.07) is 21.0. The first-order valence-corrected chi connectivity index (χ1v) is 10.9. The highest BCUT2D eigenvalue weighted by Crippen LogP contribution is 2.40. The minimum atomic E-state index is -0.246. The number of carbonyl (C=O) groups is 1. The maximum absolute atomic E-state index is 13.7. The summed E-state index contributed by atoms with van der Waals surface area (Å²) in [7, 11) is 3.15. The second-order valence-corrected chi connectivity index (χ2v) is 8.27. The Balaban J connectivity index is 1.62. The first kappa shape index (κ1) is 20.5. The highest BCUT2D eigenvalue weighted by Gasteiger charge is 2.35. The van der Waals surface area contributed by atoms with Crippen LogP contribution in [-0.4, -0.2) is 36.6 Å². The van der Waals surface area contributed by atoms with Crippen LogP contribution >= 0.6 is 11.6 Å². The average Bonchev–Trinajstić information content (AvgIpc) is 3.22. The first-order chi connectivity index (χ1) is 15.6. The van der Waals surface area contributed by atoms with Gasteiger partial charge in [-0.25, -0.2) is 0 Å². The maximum Gasteiger partial charge on any atom is 0.254 e. The van der Waals surface area contributed by atoms with E-state index >= 15 is 0 Å². The molecule has 1 N–H and O–H groups in total. The Morgan fingerprint density at radius 3 is 2.50 bits per heavy atom. The zero-order valence-electron chi connectivity index (χ0n) is 17.9. The number of rotatable bonds is 4. The number of halogens is 1. The Kier molecular flexibility index (Phi) is 5.27. The van der Waals surface area contributed by atoms with Crippen molar-refractivity contribution in [1.82, 2.24) is 9.88 Å². The van der Waals surface area contributed by atoms with Gasteiger partial charge < -0.3 is 19.4 Å². The number of benzene rings is 3. The van der Waals surface area contributed by atoms with Gasteiger partial charge >= 0.3 is 0 Å². The minimum absolute atomic E-state index is 0.0600. The van der Waals surface area contributed by atoms with Gasteiger partial charge in [-0.2, -0.15) is 0 Å². The maximum atomic E-state index is 13.7. The molecule has 0 fully saturated rings. The molecular formula is C26H23ClN2O3. The first-order valence-electron chi connectivity index (χ1n) is 10.5. The summed E-state index contributed by atoms with van der Waals surface area (Å²) in [6.07, 6.45) is 0.780. The van der Waals surface area contributed by atoms with Crippen LogP contribution in [0.1, 0.15) is 33.2 Å². The van der Waals surface area contributed by atoms with Crippen molar-refractivity contribution in [2.45, 2.75) is 12.5 Å². The van der Waals surface area contributed by atoms with E-state index in [9.17, 15) is 4.79 Å². The number of H-pyrrole nitrogens is 1. The molecule has 6 heteroatoms. The predicted octanol–water partition coefficient (Wildman–Crippen LogP) is 5.63. The molecule has 32 heavy (non-hydrogen) atoms. The number of ether oxygens (including phenoxy) is 2. The lowest BCUT2D eigenvalue weighted by atomic mass is 9.91. The number of para-hydroxylation sites is 1. The van der Waals surface area contributed by atoms with Crippen molar-refractivity contribution in [1.29, 1.82) is 0 Å². The average molecular weight is 447 g/mol. The Bertz CT molecular complexity index is 1300. The molecule has 1 aliphatic heterocycles. The van der Waals surface area contributed by atoms with E-state index in [1.54, 1.807) is 32.4 Å². The van der Waals surface area contributed by atoms with Crippen molar-refractivity contribution >= 4 is 28.4 Å². The molecule has 0 saturated carbocycles. The van der Waals surface area contributed by atoms with Crippen LogP contribution in [0.15, 0.2) is 66.7 Å². The number of nitrogens with zero attached hydrogens (tertiary/aromatic N) is 1. The fraction of sp³-hybridized carbons (Fsp3) is 0.192. The lowest BCUT2D eigenvalue weighted by Gasteiger charge is -2.36. The molecule has 0 aliphatic carbocycles. The van der Waals surface area contributed by atoms with E-state index in [-0.39, 0.29) is 11.9 Å². The molecule has 5 nitrogen and oxygen atoms in total. The quantitative estimate of drug-likeness (QED) is 0.442. The lowest BCUT2D eigenvalue weighted by Crippen LogP contribution is -2.40. The fourth-order valence-electron chi connectivity index (χ4n) is 4.59. The Hall–Kier alpha value is -3.44. The van der Waals surface area contributed by atoms with Crippen LogP contribution in [-0.2, 0) is 6.42 Å². The molecule has 4 aromatic rings. The van der Waals surface area contributed by atoms with E-state index < -0.39 is 0 Å². The zero-order chi connectivity index (χ0) is 22.2.